The second kappa shape index (κ2) is 11.5. The molecular weight excluding hydrogens is 566 g/mol. The molecular formula is C30H27ClF2N6O3. The molecule has 1 saturated carbocycles. The molecule has 3 heterocycles. The predicted octanol–water partition coefficient (Wildman–Crippen LogP) is 6.13. The van der Waals surface area contributed by atoms with Gasteiger partial charge in [-0.1, -0.05) is 41.0 Å². The molecule has 0 atom stereocenters. The van der Waals surface area contributed by atoms with Crippen molar-refractivity contribution in [2.24, 2.45) is 5.92 Å². The number of halogens is 3. The Morgan fingerprint density at radius 3 is 2.57 bits per heavy atom. The van der Waals surface area contributed by atoms with Gasteiger partial charge in [-0.3, -0.25) is 18.9 Å². The summed E-state index contributed by atoms with van der Waals surface area (Å²) in [4.78, 5) is 34.6. The first-order valence-electron chi connectivity index (χ1n) is 13.6. The number of aromatic nitrogens is 5. The number of pyridine rings is 1. The maximum Gasteiger partial charge on any atom is 0.333 e. The maximum atomic E-state index is 13.8. The number of para-hydroxylation sites is 2. The van der Waals surface area contributed by atoms with Gasteiger partial charge in [0.15, 0.2) is 0 Å². The fraction of sp³-hybridized carbons (Fsp3) is 0.300. The predicted molar refractivity (Wildman–Crippen MR) is 153 cm³/mol. The van der Waals surface area contributed by atoms with Crippen LogP contribution in [-0.2, 0) is 6.54 Å². The van der Waals surface area contributed by atoms with Gasteiger partial charge in [-0.15, -0.1) is 0 Å². The molecule has 42 heavy (non-hydrogen) atoms. The lowest BCUT2D eigenvalue weighted by atomic mass is 9.85. The minimum Gasteiger partial charge on any atom is -0.349 e. The van der Waals surface area contributed by atoms with E-state index in [1.54, 1.807) is 16.1 Å². The second-order valence-corrected chi connectivity index (χ2v) is 10.9. The summed E-state index contributed by atoms with van der Waals surface area (Å²) < 4.78 is 35.4. The Kier molecular flexibility index (Phi) is 7.59. The number of rotatable bonds is 7. The van der Waals surface area contributed by atoms with E-state index >= 15 is 0 Å². The summed E-state index contributed by atoms with van der Waals surface area (Å²) in [7, 11) is 0. The van der Waals surface area contributed by atoms with E-state index in [0.717, 1.165) is 35.6 Å². The highest BCUT2D eigenvalue weighted by molar-refractivity contribution is 6.30. The Labute approximate surface area is 244 Å². The quantitative estimate of drug-likeness (QED) is 0.244. The molecule has 1 amide bonds. The number of nitrogens with zero attached hydrogens (tertiary/aromatic N) is 5. The van der Waals surface area contributed by atoms with Gasteiger partial charge in [0.2, 0.25) is 11.7 Å². The third kappa shape index (κ3) is 5.44. The van der Waals surface area contributed by atoms with Crippen molar-refractivity contribution in [2.45, 2.75) is 51.6 Å². The first-order valence-corrected chi connectivity index (χ1v) is 14.0. The monoisotopic (exact) mass is 592 g/mol. The molecule has 0 unspecified atom stereocenters. The van der Waals surface area contributed by atoms with Gasteiger partial charge in [0.1, 0.15) is 5.69 Å². The number of nitrogens with one attached hydrogen (secondary N) is 1. The molecule has 0 bridgehead atoms. The number of amides is 1. The summed E-state index contributed by atoms with van der Waals surface area (Å²) in [6.07, 6.45) is 1.07. The summed E-state index contributed by atoms with van der Waals surface area (Å²) in [6, 6.07) is 16.2. The normalized spacial score (nSPS) is 17.2. The largest absolute Gasteiger partial charge is 0.349 e. The van der Waals surface area contributed by atoms with E-state index in [4.69, 9.17) is 16.1 Å². The lowest BCUT2D eigenvalue weighted by Gasteiger charge is -2.29. The molecule has 1 aliphatic rings. The summed E-state index contributed by atoms with van der Waals surface area (Å²) in [5, 5.41) is 6.99. The Balaban J connectivity index is 1.19. The van der Waals surface area contributed by atoms with E-state index < -0.39 is 18.0 Å². The van der Waals surface area contributed by atoms with E-state index in [-0.39, 0.29) is 28.2 Å². The number of aryl methyl sites for hydroxylation is 1. The smallest absolute Gasteiger partial charge is 0.333 e. The third-order valence-electron chi connectivity index (χ3n) is 7.68. The minimum absolute atomic E-state index is 0.120. The molecule has 2 aromatic carbocycles. The van der Waals surface area contributed by atoms with Crippen LogP contribution in [-0.4, -0.2) is 36.2 Å². The van der Waals surface area contributed by atoms with Crippen LogP contribution in [0.1, 0.15) is 54.1 Å². The van der Waals surface area contributed by atoms with Gasteiger partial charge in [-0.25, -0.2) is 13.6 Å². The minimum atomic E-state index is -2.88. The molecule has 1 aliphatic carbocycles. The van der Waals surface area contributed by atoms with E-state index in [1.165, 1.54) is 6.07 Å². The van der Waals surface area contributed by atoms with E-state index in [1.807, 2.05) is 48.5 Å². The molecule has 0 aliphatic heterocycles. The van der Waals surface area contributed by atoms with Crippen molar-refractivity contribution in [3.63, 3.8) is 0 Å². The molecule has 0 spiro atoms. The zero-order valence-electron chi connectivity index (χ0n) is 22.6. The molecule has 0 radical (unpaired) electrons. The van der Waals surface area contributed by atoms with Gasteiger partial charge >= 0.3 is 5.69 Å². The summed E-state index contributed by atoms with van der Waals surface area (Å²) >= 11 is 5.91. The third-order valence-corrected chi connectivity index (χ3v) is 7.89. The molecule has 1 N–H and O–H groups in total. The first kappa shape index (κ1) is 27.8. The number of fused-ring (bicyclic) bond motifs is 1. The molecule has 3 aromatic heterocycles. The van der Waals surface area contributed by atoms with Gasteiger partial charge in [0, 0.05) is 31.3 Å². The van der Waals surface area contributed by atoms with Crippen molar-refractivity contribution in [3.8, 4) is 17.1 Å². The van der Waals surface area contributed by atoms with Crippen LogP contribution in [0, 0.1) is 12.8 Å². The highest BCUT2D eigenvalue weighted by Gasteiger charge is 2.27. The van der Waals surface area contributed by atoms with Gasteiger partial charge in [-0.05, 0) is 61.9 Å². The SMILES string of the molecule is Cc1nc(-c2cccc(-n3c(=O)n(CC4CCC(NC(=O)c5cc(Cl)cnc5C(F)F)CC4)c4ccccc43)c2)no1. The highest BCUT2D eigenvalue weighted by Crippen LogP contribution is 2.29. The van der Waals surface area contributed by atoms with Crippen LogP contribution in [0.3, 0.4) is 0 Å². The number of benzene rings is 2. The Hall–Kier alpha value is -4.38. The van der Waals surface area contributed by atoms with Crippen LogP contribution in [0.2, 0.25) is 5.02 Å². The van der Waals surface area contributed by atoms with Crippen molar-refractivity contribution in [1.29, 1.82) is 0 Å². The summed E-state index contributed by atoms with van der Waals surface area (Å²) in [6.45, 7) is 2.24. The number of hydrogen-bond acceptors (Lipinski definition) is 6. The second-order valence-electron chi connectivity index (χ2n) is 10.5. The number of hydrogen-bond donors (Lipinski definition) is 1. The van der Waals surface area contributed by atoms with Gasteiger partial charge < -0.3 is 9.84 Å². The van der Waals surface area contributed by atoms with Gasteiger partial charge in [0.25, 0.3) is 12.3 Å². The topological polar surface area (TPSA) is 108 Å². The summed E-state index contributed by atoms with van der Waals surface area (Å²) in [5.74, 6) is 0.499. The van der Waals surface area contributed by atoms with Crippen molar-refractivity contribution in [3.05, 3.63) is 93.4 Å². The lowest BCUT2D eigenvalue weighted by molar-refractivity contribution is 0.0904. The van der Waals surface area contributed by atoms with Crippen LogP contribution in [0.25, 0.3) is 28.1 Å². The molecule has 9 nitrogen and oxygen atoms in total. The number of imidazole rings is 1. The maximum absolute atomic E-state index is 13.8. The fourth-order valence-electron chi connectivity index (χ4n) is 5.65. The van der Waals surface area contributed by atoms with Crippen LogP contribution >= 0.6 is 11.6 Å². The molecule has 216 valence electrons. The summed E-state index contributed by atoms with van der Waals surface area (Å²) in [5.41, 5.74) is 2.10. The molecule has 0 saturated heterocycles. The zero-order chi connectivity index (χ0) is 29.4. The lowest BCUT2D eigenvalue weighted by Crippen LogP contribution is -2.39. The van der Waals surface area contributed by atoms with Gasteiger partial charge in [-0.2, -0.15) is 4.98 Å². The average Bonchev–Trinajstić information content (AvgIpc) is 3.54. The standard InChI is InChI=1S/C30H27ClF2N6O3/c1-17-35-28(37-42-17)19-5-4-6-22(13-19)39-25-8-3-2-7-24(25)38(30(39)41)16-18-9-11-21(12-10-18)36-29(40)23-14-20(31)15-34-26(23)27(32)33/h2-8,13-15,18,21,27H,9-12,16H2,1H3,(H,36,40). The van der Waals surface area contributed by atoms with Gasteiger partial charge in [0.05, 0.1) is 27.3 Å². The van der Waals surface area contributed by atoms with Crippen molar-refractivity contribution in [1.82, 2.24) is 29.6 Å². The fourth-order valence-corrected chi connectivity index (χ4v) is 5.81. The van der Waals surface area contributed by atoms with Crippen LogP contribution < -0.4 is 11.0 Å². The van der Waals surface area contributed by atoms with Crippen LogP contribution in [0.5, 0.6) is 0 Å². The molecule has 5 aromatic rings. The number of alkyl halides is 2. The highest BCUT2D eigenvalue weighted by atomic mass is 35.5. The Morgan fingerprint density at radius 1 is 1.10 bits per heavy atom. The average molecular weight is 593 g/mol. The van der Waals surface area contributed by atoms with Crippen LogP contribution in [0.4, 0.5) is 8.78 Å². The Morgan fingerprint density at radius 2 is 1.86 bits per heavy atom. The van der Waals surface area contributed by atoms with E-state index in [2.05, 4.69) is 20.4 Å². The first-order chi connectivity index (χ1) is 20.3. The van der Waals surface area contributed by atoms with E-state index in [9.17, 15) is 18.4 Å². The number of carbonyl (C=O) groups excluding carboxylic acids is 1. The molecule has 1 fully saturated rings. The zero-order valence-corrected chi connectivity index (χ0v) is 23.4. The number of carbonyl (C=O) groups is 1. The van der Waals surface area contributed by atoms with Crippen molar-refractivity contribution in [2.75, 3.05) is 0 Å². The van der Waals surface area contributed by atoms with Crippen molar-refractivity contribution < 1.29 is 18.1 Å². The van der Waals surface area contributed by atoms with Crippen molar-refractivity contribution >= 4 is 28.5 Å². The molecule has 12 heteroatoms. The van der Waals surface area contributed by atoms with Crippen LogP contribution in [0.15, 0.2) is 70.1 Å². The van der Waals surface area contributed by atoms with E-state index in [0.29, 0.717) is 36.8 Å². The Bertz CT molecular complexity index is 1820. The molecule has 6 rings (SSSR count).